The second kappa shape index (κ2) is 5.46. The number of oxazole rings is 1. The molecule has 0 radical (unpaired) electrons. The molecule has 1 aromatic rings. The van der Waals surface area contributed by atoms with Gasteiger partial charge in [0.1, 0.15) is 5.76 Å². The fourth-order valence-corrected chi connectivity index (χ4v) is 1.29. The summed E-state index contributed by atoms with van der Waals surface area (Å²) in [6.45, 7) is 11.6. The van der Waals surface area contributed by atoms with Crippen LogP contribution in [0, 0.1) is 6.92 Å². The van der Waals surface area contributed by atoms with Crippen LogP contribution < -0.4 is 5.32 Å². The first kappa shape index (κ1) is 13.2. The van der Waals surface area contributed by atoms with Crippen LogP contribution in [0.5, 0.6) is 0 Å². The molecule has 0 aliphatic carbocycles. The van der Waals surface area contributed by atoms with Gasteiger partial charge in [-0.1, -0.05) is 0 Å². The Balaban J connectivity index is 2.23. The Hall–Kier alpha value is -0.870. The maximum atomic E-state index is 5.61. The first-order valence-electron chi connectivity index (χ1n) is 5.68. The van der Waals surface area contributed by atoms with Crippen LogP contribution in [-0.4, -0.2) is 23.7 Å². The van der Waals surface area contributed by atoms with Crippen molar-refractivity contribution in [1.29, 1.82) is 0 Å². The number of hydrogen-bond acceptors (Lipinski definition) is 4. The third-order valence-electron chi connectivity index (χ3n) is 2.10. The second-order valence-corrected chi connectivity index (χ2v) is 4.95. The quantitative estimate of drug-likeness (QED) is 0.783. The molecule has 4 nitrogen and oxygen atoms in total. The predicted octanol–water partition coefficient (Wildman–Crippen LogP) is 2.45. The van der Waals surface area contributed by atoms with E-state index in [4.69, 9.17) is 9.15 Å². The van der Waals surface area contributed by atoms with E-state index < -0.39 is 0 Å². The molecule has 0 saturated carbocycles. The standard InChI is InChI=1S/C12H22N2O2/c1-9-8-14-11(16-9)10(2)13-6-7-15-12(3,4)5/h8,10,13H,6-7H2,1-5H3. The predicted molar refractivity (Wildman–Crippen MR) is 63.4 cm³/mol. The van der Waals surface area contributed by atoms with Gasteiger partial charge in [0, 0.05) is 6.54 Å². The molecule has 0 fully saturated rings. The monoisotopic (exact) mass is 226 g/mol. The lowest BCUT2D eigenvalue weighted by Crippen LogP contribution is -2.28. The van der Waals surface area contributed by atoms with Crippen molar-refractivity contribution in [1.82, 2.24) is 10.3 Å². The molecule has 1 rings (SSSR count). The minimum atomic E-state index is -0.0789. The van der Waals surface area contributed by atoms with Crippen molar-refractivity contribution < 1.29 is 9.15 Å². The van der Waals surface area contributed by atoms with Crippen molar-refractivity contribution >= 4 is 0 Å². The summed E-state index contributed by atoms with van der Waals surface area (Å²) in [7, 11) is 0. The van der Waals surface area contributed by atoms with E-state index in [9.17, 15) is 0 Å². The Kier molecular flexibility index (Phi) is 4.50. The van der Waals surface area contributed by atoms with E-state index in [0.717, 1.165) is 18.2 Å². The third-order valence-corrected chi connectivity index (χ3v) is 2.10. The molecule has 1 aromatic heterocycles. The van der Waals surface area contributed by atoms with Crippen LogP contribution in [0.1, 0.15) is 45.4 Å². The molecule has 0 aliphatic heterocycles. The van der Waals surface area contributed by atoms with Crippen LogP contribution >= 0.6 is 0 Å². The van der Waals surface area contributed by atoms with Crippen LogP contribution in [-0.2, 0) is 4.74 Å². The summed E-state index contributed by atoms with van der Waals surface area (Å²) in [5.74, 6) is 1.57. The molecule has 1 heterocycles. The maximum Gasteiger partial charge on any atom is 0.211 e. The summed E-state index contributed by atoms with van der Waals surface area (Å²) in [5, 5.41) is 3.30. The van der Waals surface area contributed by atoms with E-state index in [1.807, 2.05) is 34.6 Å². The van der Waals surface area contributed by atoms with Crippen molar-refractivity contribution in [2.75, 3.05) is 13.2 Å². The smallest absolute Gasteiger partial charge is 0.211 e. The highest BCUT2D eigenvalue weighted by Crippen LogP contribution is 2.11. The van der Waals surface area contributed by atoms with Crippen LogP contribution in [0.2, 0.25) is 0 Å². The van der Waals surface area contributed by atoms with Crippen molar-refractivity contribution in [2.45, 2.75) is 46.3 Å². The largest absolute Gasteiger partial charge is 0.444 e. The highest BCUT2D eigenvalue weighted by atomic mass is 16.5. The van der Waals surface area contributed by atoms with Gasteiger partial charge in [-0.2, -0.15) is 0 Å². The van der Waals surface area contributed by atoms with Crippen LogP contribution in [0.3, 0.4) is 0 Å². The molecular formula is C12H22N2O2. The molecule has 0 aromatic carbocycles. The van der Waals surface area contributed by atoms with Crippen LogP contribution in [0.25, 0.3) is 0 Å². The van der Waals surface area contributed by atoms with Gasteiger partial charge in [-0.25, -0.2) is 4.98 Å². The molecule has 0 amide bonds. The molecule has 1 unspecified atom stereocenters. The average molecular weight is 226 g/mol. The Bertz CT molecular complexity index is 315. The molecule has 16 heavy (non-hydrogen) atoms. The van der Waals surface area contributed by atoms with Gasteiger partial charge < -0.3 is 14.5 Å². The summed E-state index contributed by atoms with van der Waals surface area (Å²) in [6, 6.07) is 0.122. The lowest BCUT2D eigenvalue weighted by Gasteiger charge is -2.20. The minimum absolute atomic E-state index is 0.0789. The van der Waals surface area contributed by atoms with Gasteiger partial charge in [0.2, 0.25) is 5.89 Å². The first-order chi connectivity index (χ1) is 7.38. The normalized spacial score (nSPS) is 14.1. The maximum absolute atomic E-state index is 5.61. The van der Waals surface area contributed by atoms with Crippen LogP contribution in [0.4, 0.5) is 0 Å². The lowest BCUT2D eigenvalue weighted by atomic mass is 10.2. The van der Waals surface area contributed by atoms with E-state index >= 15 is 0 Å². The van der Waals surface area contributed by atoms with Crippen molar-refractivity contribution in [3.05, 3.63) is 17.8 Å². The Morgan fingerprint density at radius 3 is 2.69 bits per heavy atom. The SMILES string of the molecule is Cc1cnc(C(C)NCCOC(C)(C)C)o1. The van der Waals surface area contributed by atoms with E-state index in [2.05, 4.69) is 10.3 Å². The number of ether oxygens (including phenoxy) is 1. The number of aromatic nitrogens is 1. The molecule has 0 bridgehead atoms. The summed E-state index contributed by atoms with van der Waals surface area (Å²) in [6.07, 6.45) is 1.74. The molecule has 0 saturated heterocycles. The Labute approximate surface area is 97.4 Å². The number of aryl methyl sites for hydroxylation is 1. The molecule has 1 atom stereocenters. The fourth-order valence-electron chi connectivity index (χ4n) is 1.29. The minimum Gasteiger partial charge on any atom is -0.444 e. The van der Waals surface area contributed by atoms with E-state index in [-0.39, 0.29) is 11.6 Å². The number of hydrogen-bond donors (Lipinski definition) is 1. The Morgan fingerprint density at radius 2 is 2.19 bits per heavy atom. The van der Waals surface area contributed by atoms with E-state index in [1.165, 1.54) is 0 Å². The zero-order valence-corrected chi connectivity index (χ0v) is 10.8. The van der Waals surface area contributed by atoms with Gasteiger partial charge in [-0.15, -0.1) is 0 Å². The Morgan fingerprint density at radius 1 is 1.50 bits per heavy atom. The van der Waals surface area contributed by atoms with Gasteiger partial charge in [0.15, 0.2) is 0 Å². The zero-order chi connectivity index (χ0) is 12.2. The van der Waals surface area contributed by atoms with Gasteiger partial charge in [-0.3, -0.25) is 0 Å². The topological polar surface area (TPSA) is 47.3 Å². The molecular weight excluding hydrogens is 204 g/mol. The lowest BCUT2D eigenvalue weighted by molar-refractivity contribution is -0.00169. The van der Waals surface area contributed by atoms with Crippen LogP contribution in [0.15, 0.2) is 10.6 Å². The summed E-state index contributed by atoms with van der Waals surface area (Å²) >= 11 is 0. The summed E-state index contributed by atoms with van der Waals surface area (Å²) in [5.41, 5.74) is -0.0789. The molecule has 0 aliphatic rings. The third kappa shape index (κ3) is 4.77. The average Bonchev–Trinajstić information content (AvgIpc) is 2.57. The highest BCUT2D eigenvalue weighted by molar-refractivity contribution is 4.94. The number of rotatable bonds is 5. The second-order valence-electron chi connectivity index (χ2n) is 4.95. The van der Waals surface area contributed by atoms with Gasteiger partial charge in [-0.05, 0) is 34.6 Å². The van der Waals surface area contributed by atoms with Crippen molar-refractivity contribution in [3.8, 4) is 0 Å². The number of nitrogens with one attached hydrogen (secondary N) is 1. The van der Waals surface area contributed by atoms with Crippen molar-refractivity contribution in [2.24, 2.45) is 0 Å². The van der Waals surface area contributed by atoms with Crippen molar-refractivity contribution in [3.63, 3.8) is 0 Å². The highest BCUT2D eigenvalue weighted by Gasteiger charge is 2.12. The van der Waals surface area contributed by atoms with Gasteiger partial charge >= 0.3 is 0 Å². The molecule has 1 N–H and O–H groups in total. The molecule has 92 valence electrons. The van der Waals surface area contributed by atoms with E-state index in [1.54, 1.807) is 6.20 Å². The fraction of sp³-hybridized carbons (Fsp3) is 0.750. The molecule has 4 heteroatoms. The van der Waals surface area contributed by atoms with Gasteiger partial charge in [0.25, 0.3) is 0 Å². The molecule has 0 spiro atoms. The zero-order valence-electron chi connectivity index (χ0n) is 10.8. The van der Waals surface area contributed by atoms with Gasteiger partial charge in [0.05, 0.1) is 24.4 Å². The van der Waals surface area contributed by atoms with E-state index in [0.29, 0.717) is 6.61 Å². The summed E-state index contributed by atoms with van der Waals surface area (Å²) < 4.78 is 11.0. The summed E-state index contributed by atoms with van der Waals surface area (Å²) in [4.78, 5) is 4.17. The number of nitrogens with zero attached hydrogens (tertiary/aromatic N) is 1. The first-order valence-corrected chi connectivity index (χ1v) is 5.68.